The summed E-state index contributed by atoms with van der Waals surface area (Å²) in [6.07, 6.45) is 12.8. The first-order chi connectivity index (χ1) is 41.9. The zero-order chi connectivity index (χ0) is 57.8. The van der Waals surface area contributed by atoms with E-state index in [4.69, 9.17) is 9.47 Å². The van der Waals surface area contributed by atoms with Crippen LogP contribution in [0, 0.1) is 0 Å². The molecule has 2 aliphatic heterocycles. The first-order valence-electron chi connectivity index (χ1n) is 32.0. The van der Waals surface area contributed by atoms with E-state index in [-0.39, 0.29) is 10.8 Å². The van der Waals surface area contributed by atoms with Crippen molar-refractivity contribution in [3.63, 3.8) is 0 Å². The summed E-state index contributed by atoms with van der Waals surface area (Å²) < 4.78 is 17.0. The fourth-order valence-corrected chi connectivity index (χ4v) is 18.0. The van der Waals surface area contributed by atoms with Gasteiger partial charge in [-0.3, -0.25) is 0 Å². The van der Waals surface area contributed by atoms with Crippen molar-refractivity contribution in [3.8, 4) is 45.3 Å². The maximum atomic E-state index is 7.33. The molecule has 2 saturated carbocycles. The molecule has 6 aliphatic rings. The highest BCUT2D eigenvalue weighted by Crippen LogP contribution is 2.66. The van der Waals surface area contributed by atoms with Gasteiger partial charge >= 0.3 is 0 Å². The SMILES string of the molecule is CC(C)(C)c1ccc2c(c1)C1(c3cc(C(C)(C)C)ccc3O2)c2ccccc2-c2ccc(N(c3ccc4c(c3)C3(c5ccccc5O4)c4cc(C5CCCCC5)ccc4-c4ccc(C5CCCCC5)cc43)c3cccc4sc5ccccc5c34)cc21. The minimum Gasteiger partial charge on any atom is -0.457 e. The molecule has 0 radical (unpaired) electrons. The van der Waals surface area contributed by atoms with Gasteiger partial charge in [0.1, 0.15) is 23.0 Å². The third-order valence-electron chi connectivity index (χ3n) is 21.1. The summed E-state index contributed by atoms with van der Waals surface area (Å²) in [5, 5.41) is 2.53. The van der Waals surface area contributed by atoms with Crippen molar-refractivity contribution in [3.05, 3.63) is 267 Å². The van der Waals surface area contributed by atoms with Gasteiger partial charge in [0.05, 0.1) is 16.5 Å². The molecule has 3 nitrogen and oxygen atoms in total. The Morgan fingerprint density at radius 1 is 0.372 bits per heavy atom. The zero-order valence-electron chi connectivity index (χ0n) is 50.5. The van der Waals surface area contributed by atoms with Crippen molar-refractivity contribution in [2.45, 2.75) is 139 Å². The number of nitrogens with zero attached hydrogens (tertiary/aromatic N) is 1. The van der Waals surface area contributed by atoms with Gasteiger partial charge < -0.3 is 14.4 Å². The smallest absolute Gasteiger partial charge is 0.132 e. The van der Waals surface area contributed by atoms with E-state index in [1.54, 1.807) is 0 Å². The molecular formula is C82H73NO2S. The van der Waals surface area contributed by atoms with Gasteiger partial charge in [-0.25, -0.2) is 0 Å². The van der Waals surface area contributed by atoms with Crippen LogP contribution in [-0.4, -0.2) is 0 Å². The lowest BCUT2D eigenvalue weighted by Gasteiger charge is -2.41. The van der Waals surface area contributed by atoms with Crippen molar-refractivity contribution in [2.75, 3.05) is 4.90 Å². The van der Waals surface area contributed by atoms with Crippen LogP contribution >= 0.6 is 11.3 Å². The molecule has 0 amide bonds. The lowest BCUT2D eigenvalue weighted by molar-refractivity contribution is 0.433. The highest BCUT2D eigenvalue weighted by Gasteiger charge is 2.54. The molecule has 0 bridgehead atoms. The largest absolute Gasteiger partial charge is 0.457 e. The van der Waals surface area contributed by atoms with E-state index in [0.29, 0.717) is 11.8 Å². The third-order valence-corrected chi connectivity index (χ3v) is 22.2. The summed E-state index contributed by atoms with van der Waals surface area (Å²) in [7, 11) is 0. The Balaban J connectivity index is 0.962. The number of anilines is 3. The van der Waals surface area contributed by atoms with Gasteiger partial charge in [-0.2, -0.15) is 0 Å². The lowest BCUT2D eigenvalue weighted by Crippen LogP contribution is -2.33. The van der Waals surface area contributed by atoms with Gasteiger partial charge in [0.25, 0.3) is 0 Å². The van der Waals surface area contributed by atoms with Crippen LogP contribution in [0.3, 0.4) is 0 Å². The Hall–Kier alpha value is -8.18. The van der Waals surface area contributed by atoms with Gasteiger partial charge in [-0.1, -0.05) is 201 Å². The molecule has 3 heterocycles. The van der Waals surface area contributed by atoms with Crippen molar-refractivity contribution >= 4 is 48.6 Å². The summed E-state index contributed by atoms with van der Waals surface area (Å²) in [4.78, 5) is 2.61. The third kappa shape index (κ3) is 7.57. The fourth-order valence-electron chi connectivity index (χ4n) is 16.9. The Morgan fingerprint density at radius 2 is 0.826 bits per heavy atom. The first-order valence-corrected chi connectivity index (χ1v) is 32.8. The zero-order valence-corrected chi connectivity index (χ0v) is 51.3. The van der Waals surface area contributed by atoms with E-state index in [9.17, 15) is 0 Å². The monoisotopic (exact) mass is 1140 g/mol. The summed E-state index contributed by atoms with van der Waals surface area (Å²) in [5.74, 6) is 4.77. The molecule has 0 atom stereocenters. The molecule has 0 N–H and O–H groups in total. The Morgan fingerprint density at radius 3 is 1.44 bits per heavy atom. The van der Waals surface area contributed by atoms with E-state index < -0.39 is 10.8 Å². The lowest BCUT2D eigenvalue weighted by atomic mass is 9.64. The summed E-state index contributed by atoms with van der Waals surface area (Å²) >= 11 is 1.88. The van der Waals surface area contributed by atoms with E-state index >= 15 is 0 Å². The van der Waals surface area contributed by atoms with Crippen LogP contribution in [0.2, 0.25) is 0 Å². The molecule has 17 rings (SSSR count). The number of rotatable bonds is 5. The van der Waals surface area contributed by atoms with Crippen molar-refractivity contribution < 1.29 is 9.47 Å². The standard InChI is InChI=1S/C82H73NO2S/c1-79(2,3)54-34-41-73-68(46-54)81(69-47-55(80(4,5)6)35-42-74(69)85-73)63-26-15-13-24-58(63)61-40-36-56(48-67(61)81)83(71-28-19-31-77-78(71)62-25-14-18-30-76(62)86-77)57-37-43-75-70(49-57)82(64-27-16-17-29-72(64)84-75)65-44-52(50-20-9-7-10-21-50)32-38-59(65)60-39-33-53(45-66(60)82)51-22-11-8-12-23-51/h13-19,24-51H,7-12,20-23H2,1-6H3. The minimum atomic E-state index is -0.707. The van der Waals surface area contributed by atoms with Crippen molar-refractivity contribution in [1.82, 2.24) is 0 Å². The predicted octanol–water partition coefficient (Wildman–Crippen LogP) is 23.2. The van der Waals surface area contributed by atoms with Crippen molar-refractivity contribution in [1.29, 1.82) is 0 Å². The van der Waals surface area contributed by atoms with Crippen LogP contribution in [0.5, 0.6) is 23.0 Å². The number of thiophene rings is 1. The second-order valence-electron chi connectivity index (χ2n) is 27.9. The van der Waals surface area contributed by atoms with Gasteiger partial charge in [0, 0.05) is 53.8 Å². The highest BCUT2D eigenvalue weighted by molar-refractivity contribution is 7.26. The number of hydrogen-bond acceptors (Lipinski definition) is 4. The molecule has 11 aromatic rings. The molecule has 2 spiro atoms. The molecular weight excluding hydrogens is 1060 g/mol. The van der Waals surface area contributed by atoms with Crippen LogP contribution < -0.4 is 14.4 Å². The average molecular weight is 1140 g/mol. The molecule has 4 heteroatoms. The number of hydrogen-bond donors (Lipinski definition) is 0. The molecule has 2 fully saturated rings. The highest BCUT2D eigenvalue weighted by atomic mass is 32.1. The van der Waals surface area contributed by atoms with Crippen molar-refractivity contribution in [2.24, 2.45) is 0 Å². The van der Waals surface area contributed by atoms with Gasteiger partial charge in [0.15, 0.2) is 0 Å². The number of fused-ring (bicyclic) bond motifs is 21. The molecule has 424 valence electrons. The number of benzene rings is 10. The van der Waals surface area contributed by atoms with E-state index in [1.807, 2.05) is 11.3 Å². The Bertz CT molecular complexity index is 4470. The molecule has 4 aliphatic carbocycles. The van der Waals surface area contributed by atoms with E-state index in [0.717, 1.165) is 40.1 Å². The van der Waals surface area contributed by atoms with Gasteiger partial charge in [0.2, 0.25) is 0 Å². The Kier molecular flexibility index (Phi) is 11.6. The van der Waals surface area contributed by atoms with Gasteiger partial charge in [-0.15, -0.1) is 11.3 Å². The fraction of sp³-hybridized carbons (Fsp3) is 0.268. The molecule has 10 aromatic carbocycles. The number of para-hydroxylation sites is 1. The second kappa shape index (κ2) is 19.2. The second-order valence-corrected chi connectivity index (χ2v) is 29.0. The molecule has 0 saturated heterocycles. The van der Waals surface area contributed by atoms with Crippen LogP contribution in [-0.2, 0) is 21.7 Å². The molecule has 0 unspecified atom stereocenters. The quantitative estimate of drug-likeness (QED) is 0.171. The summed E-state index contributed by atoms with van der Waals surface area (Å²) in [6, 6.07) is 78.2. The minimum absolute atomic E-state index is 0.103. The summed E-state index contributed by atoms with van der Waals surface area (Å²) in [5.41, 5.74) is 22.7. The maximum absolute atomic E-state index is 7.33. The molecule has 86 heavy (non-hydrogen) atoms. The van der Waals surface area contributed by atoms with Crippen LogP contribution in [0.4, 0.5) is 17.1 Å². The molecule has 1 aromatic heterocycles. The maximum Gasteiger partial charge on any atom is 0.132 e. The summed E-state index contributed by atoms with van der Waals surface area (Å²) in [6.45, 7) is 14.0. The van der Waals surface area contributed by atoms with E-state index in [2.05, 4.69) is 247 Å². The van der Waals surface area contributed by atoms with E-state index in [1.165, 1.54) is 173 Å². The Labute approximate surface area is 511 Å². The van der Waals surface area contributed by atoms with Crippen LogP contribution in [0.15, 0.2) is 200 Å². The van der Waals surface area contributed by atoms with Crippen LogP contribution in [0.1, 0.15) is 184 Å². The number of ether oxygens (including phenoxy) is 2. The topological polar surface area (TPSA) is 21.7 Å². The predicted molar refractivity (Wildman–Crippen MR) is 358 cm³/mol. The van der Waals surface area contributed by atoms with Crippen LogP contribution in [0.25, 0.3) is 42.4 Å². The van der Waals surface area contributed by atoms with Gasteiger partial charge in [-0.05, 0) is 194 Å². The first kappa shape index (κ1) is 52.2. The average Bonchev–Trinajstić information content (AvgIpc) is 1.46. The normalized spacial score (nSPS) is 17.0.